The predicted octanol–water partition coefficient (Wildman–Crippen LogP) is 6.74. The second kappa shape index (κ2) is 12.2. The Labute approximate surface area is 294 Å². The fourth-order valence-corrected chi connectivity index (χ4v) is 8.74. The van der Waals surface area contributed by atoms with E-state index in [0.29, 0.717) is 58.6 Å². The number of nitrogens with two attached hydrogens (primary N) is 1. The molecule has 50 heavy (non-hydrogen) atoms. The number of imidazole rings is 1. The summed E-state index contributed by atoms with van der Waals surface area (Å²) in [6, 6.07) is 10.9. The summed E-state index contributed by atoms with van der Waals surface area (Å²) in [5.74, 6) is 0.336. The van der Waals surface area contributed by atoms with E-state index in [0.717, 1.165) is 79.4 Å². The van der Waals surface area contributed by atoms with Gasteiger partial charge in [-0.15, -0.1) is 0 Å². The number of hydrogen-bond donors (Lipinski definition) is 2. The molecular weight excluding hydrogens is 655 g/mol. The monoisotopic (exact) mass is 694 g/mol. The number of fused-ring (bicyclic) bond motifs is 5. The third kappa shape index (κ3) is 5.37. The van der Waals surface area contributed by atoms with Gasteiger partial charge in [0.15, 0.2) is 5.82 Å². The quantitative estimate of drug-likeness (QED) is 0.202. The number of halogens is 2. The average Bonchev–Trinajstić information content (AvgIpc) is 3.57. The van der Waals surface area contributed by atoms with Crippen molar-refractivity contribution < 1.29 is 14.0 Å². The normalized spacial score (nSPS) is 24.1. The molecule has 9 rings (SSSR count). The molecule has 12 heteroatoms. The highest BCUT2D eigenvalue weighted by Crippen LogP contribution is 2.44. The van der Waals surface area contributed by atoms with Crippen molar-refractivity contribution in [3.63, 3.8) is 0 Å². The van der Waals surface area contributed by atoms with Crippen molar-refractivity contribution in [1.82, 2.24) is 34.3 Å². The minimum atomic E-state index is -0.431. The van der Waals surface area contributed by atoms with Crippen LogP contribution in [-0.2, 0) is 13.0 Å². The molecule has 10 nitrogen and oxygen atoms in total. The van der Waals surface area contributed by atoms with Crippen LogP contribution in [0.1, 0.15) is 102 Å². The van der Waals surface area contributed by atoms with Crippen LogP contribution < -0.4 is 11.1 Å². The van der Waals surface area contributed by atoms with E-state index >= 15 is 4.39 Å². The van der Waals surface area contributed by atoms with Gasteiger partial charge in [0.25, 0.3) is 11.8 Å². The second-order valence-corrected chi connectivity index (χ2v) is 15.1. The zero-order valence-electron chi connectivity index (χ0n) is 28.0. The average molecular weight is 695 g/mol. The molecule has 258 valence electrons. The number of carbonyl (C=O) groups is 2. The molecule has 4 bridgehead atoms. The Morgan fingerprint density at radius 1 is 1.04 bits per heavy atom. The summed E-state index contributed by atoms with van der Waals surface area (Å²) in [7, 11) is 0. The van der Waals surface area contributed by atoms with Crippen molar-refractivity contribution in [2.24, 2.45) is 11.7 Å². The molecule has 6 heterocycles. The number of aromatic nitrogens is 5. The molecule has 3 fully saturated rings. The van der Waals surface area contributed by atoms with Crippen molar-refractivity contribution in [2.45, 2.75) is 95.4 Å². The van der Waals surface area contributed by atoms with Gasteiger partial charge in [-0.25, -0.2) is 19.3 Å². The summed E-state index contributed by atoms with van der Waals surface area (Å²) in [6.07, 6.45) is 9.70. The largest absolute Gasteiger partial charge is 0.344 e. The maximum Gasteiger partial charge on any atom is 0.254 e. The van der Waals surface area contributed by atoms with E-state index in [1.807, 2.05) is 28.5 Å². The van der Waals surface area contributed by atoms with Gasteiger partial charge < -0.3 is 25.1 Å². The van der Waals surface area contributed by atoms with Crippen LogP contribution in [0.4, 0.5) is 4.39 Å². The first-order valence-electron chi connectivity index (χ1n) is 18.0. The van der Waals surface area contributed by atoms with Gasteiger partial charge in [0, 0.05) is 48.4 Å². The Bertz CT molecular complexity index is 2190. The Morgan fingerprint density at radius 2 is 1.88 bits per heavy atom. The molecule has 0 spiro atoms. The minimum absolute atomic E-state index is 0.0447. The van der Waals surface area contributed by atoms with Gasteiger partial charge in [0.1, 0.15) is 22.1 Å². The van der Waals surface area contributed by atoms with Crippen molar-refractivity contribution in [2.75, 3.05) is 6.54 Å². The fourth-order valence-electron chi connectivity index (χ4n) is 8.56. The van der Waals surface area contributed by atoms with Gasteiger partial charge in [-0.2, -0.15) is 0 Å². The highest BCUT2D eigenvalue weighted by atomic mass is 35.5. The molecule has 4 aliphatic rings. The second-order valence-electron chi connectivity index (χ2n) is 14.7. The lowest BCUT2D eigenvalue weighted by Crippen LogP contribution is -2.51. The lowest BCUT2D eigenvalue weighted by Gasteiger charge is -2.37. The number of nitrogens with zero attached hydrogens (tertiary/aromatic N) is 6. The van der Waals surface area contributed by atoms with E-state index < -0.39 is 5.82 Å². The van der Waals surface area contributed by atoms with E-state index in [4.69, 9.17) is 27.3 Å². The number of pyridine rings is 2. The SMILES string of the molecule is C[C@H]1NC(=O)c2cnc(Cl)cc2CCCCCn2c(-c3nc4cc(C(=O)N5C[C@H](N)[C@@H]6CC[C@H]5C6)cc(F)c4n3C3CC3)cc3ccc1nc32. The number of hydrogen-bond acceptors (Lipinski definition) is 6. The van der Waals surface area contributed by atoms with Gasteiger partial charge in [-0.1, -0.05) is 18.0 Å². The summed E-state index contributed by atoms with van der Waals surface area (Å²) in [6.45, 7) is 3.12. The number of amides is 2. The van der Waals surface area contributed by atoms with Crippen molar-refractivity contribution >= 4 is 45.5 Å². The molecule has 0 radical (unpaired) electrons. The van der Waals surface area contributed by atoms with E-state index in [1.165, 1.54) is 6.07 Å². The van der Waals surface area contributed by atoms with Crippen LogP contribution in [0.2, 0.25) is 5.15 Å². The number of piperidine rings is 1. The molecule has 2 amide bonds. The Hall–Kier alpha value is -4.35. The predicted molar refractivity (Wildman–Crippen MR) is 190 cm³/mol. The molecule has 1 saturated heterocycles. The number of likely N-dealkylation sites (tertiary alicyclic amines) is 1. The van der Waals surface area contributed by atoms with Gasteiger partial charge in [-0.3, -0.25) is 9.59 Å². The molecule has 1 aromatic carbocycles. The van der Waals surface area contributed by atoms with Crippen LogP contribution in [0.5, 0.6) is 0 Å². The number of nitrogens with one attached hydrogen (secondary N) is 1. The fraction of sp³-hybridized carbons (Fsp3) is 0.447. The zero-order valence-corrected chi connectivity index (χ0v) is 28.8. The minimum Gasteiger partial charge on any atom is -0.344 e. The lowest BCUT2D eigenvalue weighted by molar-refractivity contribution is 0.0603. The number of aryl methyl sites for hydroxylation is 2. The molecule has 0 unspecified atom stereocenters. The highest BCUT2D eigenvalue weighted by Gasteiger charge is 2.41. The molecule has 5 aromatic rings. The summed E-state index contributed by atoms with van der Waals surface area (Å²) in [5.41, 5.74) is 11.5. The van der Waals surface area contributed by atoms with Crippen molar-refractivity contribution in [3.05, 3.63) is 75.9 Å². The summed E-state index contributed by atoms with van der Waals surface area (Å²) in [4.78, 5) is 43.5. The topological polar surface area (TPSA) is 124 Å². The van der Waals surface area contributed by atoms with Gasteiger partial charge >= 0.3 is 0 Å². The van der Waals surface area contributed by atoms with Crippen LogP contribution >= 0.6 is 11.6 Å². The highest BCUT2D eigenvalue weighted by molar-refractivity contribution is 6.29. The summed E-state index contributed by atoms with van der Waals surface area (Å²) in [5, 5.41) is 4.42. The van der Waals surface area contributed by atoms with Gasteiger partial charge in [0.2, 0.25) is 0 Å². The third-order valence-electron chi connectivity index (χ3n) is 11.4. The van der Waals surface area contributed by atoms with E-state index in [1.54, 1.807) is 18.3 Å². The van der Waals surface area contributed by atoms with Crippen LogP contribution in [0, 0.1) is 11.7 Å². The number of rotatable bonds is 3. The van der Waals surface area contributed by atoms with Gasteiger partial charge in [-0.05, 0) is 106 Å². The zero-order chi connectivity index (χ0) is 34.3. The standard InChI is InChI=1S/C38H40ClFN8O2/c1-20-30-11-7-23-16-32(46(35(23)44-30)12-4-2-3-5-21-17-33(39)42-18-27(21)37(49)43-20)36-45-31-15-24(14-28(40)34(31)48(36)25-9-10-25)38(50)47-19-29(41)22-6-8-26(47)13-22/h7,11,14-18,20,22,25-26,29H,2-6,8-10,12-13,19,41H2,1H3,(H,43,49)/t20-,22-,26+,29+/m1/s1. The maximum absolute atomic E-state index is 16.3. The van der Waals surface area contributed by atoms with Crippen LogP contribution in [0.25, 0.3) is 33.6 Å². The molecule has 4 aromatic heterocycles. The summed E-state index contributed by atoms with van der Waals surface area (Å²) < 4.78 is 20.5. The Balaban J connectivity index is 1.12. The molecular formula is C38H40ClFN8O2. The molecule has 3 N–H and O–H groups in total. The van der Waals surface area contributed by atoms with E-state index in [-0.39, 0.29) is 36.0 Å². The van der Waals surface area contributed by atoms with Crippen LogP contribution in [0.15, 0.2) is 42.6 Å². The van der Waals surface area contributed by atoms with Crippen molar-refractivity contribution in [1.29, 1.82) is 0 Å². The molecule has 2 saturated carbocycles. The molecule has 2 aliphatic heterocycles. The summed E-state index contributed by atoms with van der Waals surface area (Å²) >= 11 is 6.23. The van der Waals surface area contributed by atoms with Gasteiger partial charge in [0.05, 0.1) is 28.5 Å². The number of benzene rings is 1. The lowest BCUT2D eigenvalue weighted by atomic mass is 9.94. The molecule has 2 aliphatic carbocycles. The first kappa shape index (κ1) is 31.6. The smallest absolute Gasteiger partial charge is 0.254 e. The van der Waals surface area contributed by atoms with E-state index in [9.17, 15) is 9.59 Å². The van der Waals surface area contributed by atoms with Crippen LogP contribution in [0.3, 0.4) is 0 Å². The third-order valence-corrected chi connectivity index (χ3v) is 11.6. The maximum atomic E-state index is 16.3. The molecule has 4 atom stereocenters. The first-order valence-corrected chi connectivity index (χ1v) is 18.3. The first-order chi connectivity index (χ1) is 24.2. The number of carbonyl (C=O) groups excluding carboxylic acids is 2. The Morgan fingerprint density at radius 3 is 2.72 bits per heavy atom. The Kier molecular flexibility index (Phi) is 7.69. The van der Waals surface area contributed by atoms with Crippen LogP contribution in [-0.4, -0.2) is 59.4 Å². The van der Waals surface area contributed by atoms with E-state index in [2.05, 4.69) is 20.9 Å². The van der Waals surface area contributed by atoms with Crippen molar-refractivity contribution in [3.8, 4) is 11.5 Å².